The lowest BCUT2D eigenvalue weighted by Crippen LogP contribution is -1.86. The molecule has 0 unspecified atom stereocenters. The van der Waals surface area contributed by atoms with Crippen LogP contribution in [0.5, 0.6) is 0 Å². The van der Waals surface area contributed by atoms with Crippen LogP contribution in [-0.4, -0.2) is 5.78 Å². The van der Waals surface area contributed by atoms with Crippen molar-refractivity contribution in [1.29, 1.82) is 0 Å². The maximum absolute atomic E-state index is 10.8. The minimum Gasteiger partial charge on any atom is -0.300 e. The quantitative estimate of drug-likeness (QED) is 0.753. The zero-order valence-corrected chi connectivity index (χ0v) is 12.1. The number of hydrogen-bond donors (Lipinski definition) is 0. The topological polar surface area (TPSA) is 17.1 Å². The molecular weight excluding hydrogens is 260 g/mol. The number of aryl methyl sites for hydroxylation is 1. The van der Waals surface area contributed by atoms with Gasteiger partial charge in [-0.2, -0.15) is 0 Å². The van der Waals surface area contributed by atoms with E-state index in [2.05, 4.69) is 43.0 Å². The zero-order valence-electron chi connectivity index (χ0n) is 10.4. The Hall–Kier alpha value is -1.37. The second-order valence-electron chi connectivity index (χ2n) is 4.08. The maximum Gasteiger partial charge on any atom is 0.130 e. The highest BCUT2D eigenvalue weighted by Crippen LogP contribution is 2.32. The summed E-state index contributed by atoms with van der Waals surface area (Å²) in [6, 6.07) is 8.46. The van der Waals surface area contributed by atoms with Crippen LogP contribution in [0.15, 0.2) is 24.3 Å². The summed E-state index contributed by atoms with van der Waals surface area (Å²) in [5, 5.41) is 0. The molecule has 18 heavy (non-hydrogen) atoms. The van der Waals surface area contributed by atoms with E-state index < -0.39 is 0 Å². The lowest BCUT2D eigenvalue weighted by Gasteiger charge is -1.87. The third-order valence-electron chi connectivity index (χ3n) is 2.40. The van der Waals surface area contributed by atoms with Crippen LogP contribution >= 0.6 is 22.7 Å². The van der Waals surface area contributed by atoms with E-state index in [1.165, 1.54) is 14.6 Å². The summed E-state index contributed by atoms with van der Waals surface area (Å²) in [4.78, 5) is 15.7. The first kappa shape index (κ1) is 13.1. The van der Waals surface area contributed by atoms with Gasteiger partial charge in [0.1, 0.15) is 5.78 Å². The first-order valence-corrected chi connectivity index (χ1v) is 7.43. The van der Waals surface area contributed by atoms with Crippen LogP contribution in [0.2, 0.25) is 0 Å². The van der Waals surface area contributed by atoms with Crippen molar-refractivity contribution in [3.05, 3.63) is 34.0 Å². The summed E-state index contributed by atoms with van der Waals surface area (Å²) in [5.41, 5.74) is 0. The number of rotatable bonds is 3. The second kappa shape index (κ2) is 5.99. The highest BCUT2D eigenvalue weighted by molar-refractivity contribution is 7.22. The summed E-state index contributed by atoms with van der Waals surface area (Å²) in [6.07, 6.45) is 1.20. The van der Waals surface area contributed by atoms with E-state index in [9.17, 15) is 4.79 Å². The van der Waals surface area contributed by atoms with Crippen LogP contribution < -0.4 is 0 Å². The van der Waals surface area contributed by atoms with Gasteiger partial charge in [0.15, 0.2) is 0 Å². The largest absolute Gasteiger partial charge is 0.300 e. The Morgan fingerprint density at radius 3 is 2.56 bits per heavy atom. The average molecular weight is 274 g/mol. The van der Waals surface area contributed by atoms with E-state index >= 15 is 0 Å². The molecule has 2 aromatic heterocycles. The molecule has 0 saturated carbocycles. The van der Waals surface area contributed by atoms with E-state index in [1.54, 1.807) is 29.6 Å². The monoisotopic (exact) mass is 274 g/mol. The van der Waals surface area contributed by atoms with Gasteiger partial charge in [0.25, 0.3) is 0 Å². The average Bonchev–Trinajstić information content (AvgIpc) is 2.93. The van der Waals surface area contributed by atoms with Gasteiger partial charge in [-0.15, -0.1) is 22.7 Å². The van der Waals surface area contributed by atoms with Crippen LogP contribution in [0.1, 0.15) is 29.5 Å². The van der Waals surface area contributed by atoms with E-state index in [0.717, 1.165) is 4.88 Å². The summed E-state index contributed by atoms with van der Waals surface area (Å²) in [7, 11) is 0. The molecule has 0 aliphatic rings. The predicted octanol–water partition coefficient (Wildman–Crippen LogP) is 4.51. The van der Waals surface area contributed by atoms with Crippen molar-refractivity contribution in [1.82, 2.24) is 0 Å². The third kappa shape index (κ3) is 3.56. The number of Topliss-reactive ketones (excluding diaryl/α,β-unsaturated/α-hetero) is 1. The normalized spacial score (nSPS) is 9.89. The first-order chi connectivity index (χ1) is 8.65. The highest BCUT2D eigenvalue weighted by Gasteiger charge is 2.03. The molecule has 1 nitrogen and oxygen atoms in total. The molecule has 0 amide bonds. The van der Waals surface area contributed by atoms with Gasteiger partial charge in [-0.05, 0) is 38.1 Å². The van der Waals surface area contributed by atoms with E-state index in [1.807, 2.05) is 0 Å². The molecule has 2 aromatic rings. The van der Waals surface area contributed by atoms with Gasteiger partial charge in [0, 0.05) is 27.5 Å². The lowest BCUT2D eigenvalue weighted by molar-refractivity contribution is -0.116. The maximum atomic E-state index is 10.8. The van der Waals surface area contributed by atoms with Crippen LogP contribution in [0.4, 0.5) is 0 Å². The van der Waals surface area contributed by atoms with Gasteiger partial charge in [0.05, 0.1) is 4.88 Å². The van der Waals surface area contributed by atoms with Gasteiger partial charge in [-0.1, -0.05) is 11.8 Å². The number of thiophene rings is 2. The van der Waals surface area contributed by atoms with Gasteiger partial charge in [0.2, 0.25) is 0 Å². The molecule has 2 rings (SSSR count). The minimum absolute atomic E-state index is 0.199. The number of hydrogen-bond acceptors (Lipinski definition) is 3. The molecule has 0 radical (unpaired) electrons. The molecule has 0 spiro atoms. The van der Waals surface area contributed by atoms with Crippen molar-refractivity contribution in [2.45, 2.75) is 26.7 Å². The standard InChI is InChI=1S/C15H14OS2/c1-11(16)5-3-4-6-13-8-10-15(18-13)14-9-7-12(2)17-14/h7-10H,3,5H2,1-2H3. The molecular formula is C15H14OS2. The second-order valence-corrected chi connectivity index (χ2v) is 6.45. The van der Waals surface area contributed by atoms with Gasteiger partial charge < -0.3 is 0 Å². The van der Waals surface area contributed by atoms with Gasteiger partial charge >= 0.3 is 0 Å². The van der Waals surface area contributed by atoms with Crippen molar-refractivity contribution in [3.63, 3.8) is 0 Å². The Kier molecular flexibility index (Phi) is 4.35. The van der Waals surface area contributed by atoms with Crippen LogP contribution in [-0.2, 0) is 4.79 Å². The molecule has 0 aliphatic carbocycles. The molecule has 0 N–H and O–H groups in total. The van der Waals surface area contributed by atoms with Crippen molar-refractivity contribution in [2.24, 2.45) is 0 Å². The Balaban J connectivity index is 2.04. The van der Waals surface area contributed by atoms with Crippen LogP contribution in [0, 0.1) is 18.8 Å². The fraction of sp³-hybridized carbons (Fsp3) is 0.267. The third-order valence-corrected chi connectivity index (χ3v) is 4.60. The molecule has 0 aromatic carbocycles. The summed E-state index contributed by atoms with van der Waals surface area (Å²) in [5.74, 6) is 6.36. The Morgan fingerprint density at radius 2 is 1.89 bits per heavy atom. The van der Waals surface area contributed by atoms with Gasteiger partial charge in [-0.3, -0.25) is 4.79 Å². The Morgan fingerprint density at radius 1 is 1.17 bits per heavy atom. The fourth-order valence-corrected chi connectivity index (χ4v) is 3.33. The molecule has 0 bridgehead atoms. The van der Waals surface area contributed by atoms with Gasteiger partial charge in [-0.25, -0.2) is 0 Å². The van der Waals surface area contributed by atoms with Crippen LogP contribution in [0.3, 0.4) is 0 Å². The molecule has 3 heteroatoms. The summed E-state index contributed by atoms with van der Waals surface area (Å²) in [6.45, 7) is 3.72. The Labute approximate surface area is 115 Å². The van der Waals surface area contributed by atoms with Crippen molar-refractivity contribution in [3.8, 4) is 21.6 Å². The Bertz CT molecular complexity index is 608. The molecule has 0 fully saturated rings. The molecule has 0 atom stereocenters. The smallest absolute Gasteiger partial charge is 0.130 e. The number of carbonyl (C=O) groups excluding carboxylic acids is 1. The van der Waals surface area contributed by atoms with Crippen molar-refractivity contribution >= 4 is 28.5 Å². The van der Waals surface area contributed by atoms with Crippen molar-refractivity contribution < 1.29 is 4.79 Å². The minimum atomic E-state index is 0.199. The SMILES string of the molecule is CC(=O)CCC#Cc1ccc(-c2ccc(C)s2)s1. The zero-order chi connectivity index (χ0) is 13.0. The van der Waals surface area contributed by atoms with E-state index in [0.29, 0.717) is 12.8 Å². The number of carbonyl (C=O) groups is 1. The summed E-state index contributed by atoms with van der Waals surface area (Å²) >= 11 is 3.51. The highest BCUT2D eigenvalue weighted by atomic mass is 32.1. The molecule has 92 valence electrons. The van der Waals surface area contributed by atoms with E-state index in [4.69, 9.17) is 0 Å². The molecule has 0 saturated heterocycles. The van der Waals surface area contributed by atoms with Crippen LogP contribution in [0.25, 0.3) is 9.75 Å². The van der Waals surface area contributed by atoms with E-state index in [-0.39, 0.29) is 5.78 Å². The first-order valence-electron chi connectivity index (χ1n) is 5.80. The summed E-state index contributed by atoms with van der Waals surface area (Å²) < 4.78 is 0. The lowest BCUT2D eigenvalue weighted by atomic mass is 10.2. The fourth-order valence-electron chi connectivity index (χ4n) is 1.49. The number of ketones is 1. The predicted molar refractivity (Wildman–Crippen MR) is 79.2 cm³/mol. The molecule has 2 heterocycles. The van der Waals surface area contributed by atoms with Crippen molar-refractivity contribution in [2.75, 3.05) is 0 Å². The molecule has 0 aliphatic heterocycles.